The molecule has 29 heavy (non-hydrogen) atoms. The van der Waals surface area contributed by atoms with Crippen molar-refractivity contribution in [3.05, 3.63) is 59.1 Å². The summed E-state index contributed by atoms with van der Waals surface area (Å²) in [6.45, 7) is 3.87. The van der Waals surface area contributed by atoms with E-state index in [0.29, 0.717) is 36.8 Å². The molecule has 2 fully saturated rings. The molecule has 0 radical (unpaired) electrons. The Bertz CT molecular complexity index is 963. The molecule has 0 aromatic heterocycles. The molecule has 0 aliphatic carbocycles. The van der Waals surface area contributed by atoms with Gasteiger partial charge in [0.1, 0.15) is 0 Å². The van der Waals surface area contributed by atoms with E-state index in [4.69, 9.17) is 11.6 Å². The zero-order valence-electron chi connectivity index (χ0n) is 16.1. The van der Waals surface area contributed by atoms with Crippen LogP contribution in [0.3, 0.4) is 0 Å². The summed E-state index contributed by atoms with van der Waals surface area (Å²) < 4.78 is 26.8. The van der Waals surface area contributed by atoms with Gasteiger partial charge in [-0.25, -0.2) is 8.42 Å². The molecular weight excluding hydrogens is 410 g/mol. The number of nitrogens with zero attached hydrogens (tertiary/aromatic N) is 3. The summed E-state index contributed by atoms with van der Waals surface area (Å²) in [7, 11) is -3.45. The topological polar surface area (TPSA) is 60.9 Å². The molecule has 2 saturated heterocycles. The third-order valence-corrected chi connectivity index (χ3v) is 7.73. The van der Waals surface area contributed by atoms with Crippen molar-refractivity contribution in [1.82, 2.24) is 9.21 Å². The molecule has 0 unspecified atom stereocenters. The minimum atomic E-state index is -3.45. The predicted octanol–water partition coefficient (Wildman–Crippen LogP) is 3.09. The van der Waals surface area contributed by atoms with E-state index in [9.17, 15) is 13.2 Å². The lowest BCUT2D eigenvalue weighted by molar-refractivity contribution is 0.0746. The third-order valence-electron chi connectivity index (χ3n) is 5.56. The Kier molecular flexibility index (Phi) is 5.81. The summed E-state index contributed by atoms with van der Waals surface area (Å²) in [5.74, 6) is -0.0640. The number of hydrogen-bond acceptors (Lipinski definition) is 4. The van der Waals surface area contributed by atoms with Crippen LogP contribution in [0.2, 0.25) is 5.02 Å². The molecule has 154 valence electrons. The quantitative estimate of drug-likeness (QED) is 0.743. The van der Waals surface area contributed by atoms with E-state index < -0.39 is 10.0 Å². The molecule has 0 bridgehead atoms. The molecule has 0 saturated carbocycles. The Labute approximate surface area is 176 Å². The molecule has 8 heteroatoms. The average Bonchev–Trinajstić information content (AvgIpc) is 3.30. The number of carbonyl (C=O) groups excluding carboxylic acids is 1. The standard InChI is InChI=1S/C21H24ClN3O3S/c22-18-5-7-19(8-6-18)23-13-15-24(16-14-23)21(26)17-3-9-20(10-4-17)29(27,28)25-11-1-2-12-25/h3-10H,1-2,11-16H2. The average molecular weight is 434 g/mol. The summed E-state index contributed by atoms with van der Waals surface area (Å²) >= 11 is 5.95. The van der Waals surface area contributed by atoms with Crippen molar-refractivity contribution >= 4 is 33.2 Å². The van der Waals surface area contributed by atoms with E-state index in [2.05, 4.69) is 4.90 Å². The van der Waals surface area contributed by atoms with Gasteiger partial charge in [-0.05, 0) is 61.4 Å². The van der Waals surface area contributed by atoms with E-state index in [-0.39, 0.29) is 10.8 Å². The third kappa shape index (κ3) is 4.27. The largest absolute Gasteiger partial charge is 0.368 e. The molecule has 0 spiro atoms. The fourth-order valence-electron chi connectivity index (χ4n) is 3.85. The second kappa shape index (κ2) is 8.34. The van der Waals surface area contributed by atoms with E-state index in [1.54, 1.807) is 24.3 Å². The van der Waals surface area contributed by atoms with Gasteiger partial charge in [0.25, 0.3) is 5.91 Å². The Morgan fingerprint density at radius 2 is 1.38 bits per heavy atom. The van der Waals surface area contributed by atoms with Crippen LogP contribution < -0.4 is 4.90 Å². The number of amides is 1. The van der Waals surface area contributed by atoms with E-state index >= 15 is 0 Å². The van der Waals surface area contributed by atoms with Crippen molar-refractivity contribution in [2.24, 2.45) is 0 Å². The molecule has 1 amide bonds. The van der Waals surface area contributed by atoms with Gasteiger partial charge in [0.15, 0.2) is 0 Å². The van der Waals surface area contributed by atoms with Crippen LogP contribution in [-0.4, -0.2) is 62.8 Å². The Balaban J connectivity index is 1.39. The van der Waals surface area contributed by atoms with E-state index in [1.807, 2.05) is 29.2 Å². The van der Waals surface area contributed by atoms with Crippen molar-refractivity contribution in [3.8, 4) is 0 Å². The molecule has 0 atom stereocenters. The highest BCUT2D eigenvalue weighted by Gasteiger charge is 2.28. The highest BCUT2D eigenvalue weighted by atomic mass is 35.5. The molecule has 0 N–H and O–H groups in total. The first-order chi connectivity index (χ1) is 13.9. The smallest absolute Gasteiger partial charge is 0.253 e. The lowest BCUT2D eigenvalue weighted by Gasteiger charge is -2.36. The van der Waals surface area contributed by atoms with Crippen LogP contribution in [0.4, 0.5) is 5.69 Å². The lowest BCUT2D eigenvalue weighted by Crippen LogP contribution is -2.48. The number of piperazine rings is 1. The zero-order chi connectivity index (χ0) is 20.4. The molecule has 2 heterocycles. The second-order valence-corrected chi connectivity index (χ2v) is 9.77. The van der Waals surface area contributed by atoms with Gasteiger partial charge in [-0.1, -0.05) is 11.6 Å². The maximum atomic E-state index is 12.8. The van der Waals surface area contributed by atoms with E-state index in [1.165, 1.54) is 4.31 Å². The summed E-state index contributed by atoms with van der Waals surface area (Å²) in [6, 6.07) is 14.0. The van der Waals surface area contributed by atoms with Crippen molar-refractivity contribution in [2.75, 3.05) is 44.2 Å². The number of rotatable bonds is 4. The highest BCUT2D eigenvalue weighted by molar-refractivity contribution is 7.89. The predicted molar refractivity (Wildman–Crippen MR) is 114 cm³/mol. The Morgan fingerprint density at radius 3 is 1.97 bits per heavy atom. The monoisotopic (exact) mass is 433 g/mol. The fraction of sp³-hybridized carbons (Fsp3) is 0.381. The Hall–Kier alpha value is -2.09. The minimum absolute atomic E-state index is 0.0640. The molecule has 6 nitrogen and oxygen atoms in total. The van der Waals surface area contributed by atoms with Gasteiger partial charge >= 0.3 is 0 Å². The van der Waals surface area contributed by atoms with Crippen LogP contribution in [0.25, 0.3) is 0 Å². The molecule has 2 aromatic carbocycles. The maximum absolute atomic E-state index is 12.8. The maximum Gasteiger partial charge on any atom is 0.253 e. The van der Waals surface area contributed by atoms with E-state index in [0.717, 1.165) is 31.6 Å². The zero-order valence-corrected chi connectivity index (χ0v) is 17.7. The minimum Gasteiger partial charge on any atom is -0.368 e. The van der Waals surface area contributed by atoms with Gasteiger partial charge in [-0.3, -0.25) is 4.79 Å². The molecule has 4 rings (SSSR count). The van der Waals surface area contributed by atoms with Crippen molar-refractivity contribution in [3.63, 3.8) is 0 Å². The van der Waals surface area contributed by atoms with Crippen molar-refractivity contribution in [1.29, 1.82) is 0 Å². The van der Waals surface area contributed by atoms with Gasteiger partial charge in [-0.15, -0.1) is 0 Å². The highest BCUT2D eigenvalue weighted by Crippen LogP contribution is 2.23. The van der Waals surface area contributed by atoms with Crippen LogP contribution in [-0.2, 0) is 10.0 Å². The first-order valence-electron chi connectivity index (χ1n) is 9.85. The number of sulfonamides is 1. The van der Waals surface area contributed by atoms with Gasteiger partial charge in [-0.2, -0.15) is 4.31 Å². The molecule has 2 aliphatic rings. The van der Waals surface area contributed by atoms with Gasteiger partial charge < -0.3 is 9.80 Å². The number of anilines is 1. The molecular formula is C21H24ClN3O3S. The van der Waals surface area contributed by atoms with Crippen LogP contribution >= 0.6 is 11.6 Å². The summed E-state index contributed by atoms with van der Waals surface area (Å²) in [4.78, 5) is 17.1. The normalized spacial score (nSPS) is 18.2. The van der Waals surface area contributed by atoms with Gasteiger partial charge in [0.05, 0.1) is 4.90 Å². The molecule has 2 aliphatic heterocycles. The number of benzene rings is 2. The summed E-state index contributed by atoms with van der Waals surface area (Å²) in [6.07, 6.45) is 1.80. The van der Waals surface area contributed by atoms with Crippen LogP contribution in [0.15, 0.2) is 53.4 Å². The van der Waals surface area contributed by atoms with Crippen LogP contribution in [0.5, 0.6) is 0 Å². The van der Waals surface area contributed by atoms with Gasteiger partial charge in [0, 0.05) is 55.5 Å². The summed E-state index contributed by atoms with van der Waals surface area (Å²) in [5.41, 5.74) is 1.61. The summed E-state index contributed by atoms with van der Waals surface area (Å²) in [5, 5.41) is 0.706. The first-order valence-corrected chi connectivity index (χ1v) is 11.7. The SMILES string of the molecule is O=C(c1ccc(S(=O)(=O)N2CCCC2)cc1)N1CCN(c2ccc(Cl)cc2)CC1. The van der Waals surface area contributed by atoms with Crippen molar-refractivity contribution < 1.29 is 13.2 Å². The lowest BCUT2D eigenvalue weighted by atomic mass is 10.1. The van der Waals surface area contributed by atoms with Gasteiger partial charge in [0.2, 0.25) is 10.0 Å². The first kappa shape index (κ1) is 20.2. The number of carbonyl (C=O) groups is 1. The second-order valence-electron chi connectivity index (χ2n) is 7.39. The Morgan fingerprint density at radius 1 is 0.793 bits per heavy atom. The fourth-order valence-corrected chi connectivity index (χ4v) is 5.49. The van der Waals surface area contributed by atoms with Crippen LogP contribution in [0.1, 0.15) is 23.2 Å². The number of halogens is 1. The van der Waals surface area contributed by atoms with Crippen LogP contribution in [0, 0.1) is 0 Å². The van der Waals surface area contributed by atoms with Crippen molar-refractivity contribution in [2.45, 2.75) is 17.7 Å². The number of hydrogen-bond donors (Lipinski definition) is 0. The molecule has 2 aromatic rings.